The first-order valence-electron chi connectivity index (χ1n) is 8.19. The van der Waals surface area contributed by atoms with Crippen LogP contribution in [0.4, 0.5) is 5.69 Å². The van der Waals surface area contributed by atoms with E-state index in [0.717, 1.165) is 26.2 Å². The summed E-state index contributed by atoms with van der Waals surface area (Å²) >= 11 is 7.27. The summed E-state index contributed by atoms with van der Waals surface area (Å²) in [7, 11) is 4.02. The van der Waals surface area contributed by atoms with Crippen LogP contribution >= 0.6 is 22.9 Å². The molecule has 1 aliphatic heterocycles. The minimum absolute atomic E-state index is 0.0838. The molecule has 6 heteroatoms. The van der Waals surface area contributed by atoms with Crippen LogP contribution in [0, 0.1) is 0 Å². The summed E-state index contributed by atoms with van der Waals surface area (Å²) in [6.45, 7) is 4.21. The number of benzene rings is 1. The van der Waals surface area contributed by atoms with Crippen molar-refractivity contribution in [3.8, 4) is 0 Å². The van der Waals surface area contributed by atoms with Crippen molar-refractivity contribution in [1.82, 2.24) is 4.90 Å². The maximum atomic E-state index is 13.3. The van der Waals surface area contributed by atoms with Gasteiger partial charge in [0.1, 0.15) is 0 Å². The molecule has 0 spiro atoms. The molecule has 0 aliphatic carbocycles. The number of hydrogen-bond acceptors (Lipinski definition) is 4. The Bertz CT molecular complexity index is 940. The number of fused-ring (bicyclic) bond motifs is 3. The van der Waals surface area contributed by atoms with Gasteiger partial charge in [0, 0.05) is 47.0 Å². The number of amides is 1. The van der Waals surface area contributed by atoms with Gasteiger partial charge >= 0.3 is 0 Å². The number of allylic oxidation sites excluding steroid dienone is 4. The summed E-state index contributed by atoms with van der Waals surface area (Å²) in [5.74, 6) is 0.285. The molecule has 2 heterocycles. The summed E-state index contributed by atoms with van der Waals surface area (Å²) in [5, 5.41) is 1.11. The van der Waals surface area contributed by atoms with Gasteiger partial charge in [0.25, 0.3) is 5.91 Å². The molecule has 1 aliphatic rings. The topological polar surface area (TPSA) is 35.9 Å². The normalized spacial score (nSPS) is 14.8. The number of rotatable bonds is 5. The van der Waals surface area contributed by atoms with Crippen LogP contribution in [-0.4, -0.2) is 37.1 Å². The maximum Gasteiger partial charge on any atom is 0.274 e. The fourth-order valence-corrected chi connectivity index (χ4v) is 4.21. The zero-order valence-electron chi connectivity index (χ0n) is 14.8. The Kier molecular flexibility index (Phi) is 5.59. The lowest BCUT2D eigenvalue weighted by molar-refractivity contribution is 0.0889. The van der Waals surface area contributed by atoms with E-state index < -0.39 is 0 Å². The Morgan fingerprint density at radius 3 is 2.96 bits per heavy atom. The van der Waals surface area contributed by atoms with Gasteiger partial charge in [0.2, 0.25) is 0 Å². The number of aliphatic imine (C=N–C) groups is 1. The lowest BCUT2D eigenvalue weighted by Crippen LogP contribution is -2.27. The standard InChI is InChI=1S/C20H20ClN3OS/c1-4-7-14(8-6-11-21)24-13-22-12-15-18-16(23(2)3)9-5-10-17(18)26-19(15)20(24)25/h4-10,13H,1,11-12H2,2-3H3/b8-6-,14-7+. The highest BCUT2D eigenvalue weighted by molar-refractivity contribution is 7.21. The molecule has 0 fully saturated rings. The van der Waals surface area contributed by atoms with Crippen LogP contribution in [0.25, 0.3) is 10.1 Å². The largest absolute Gasteiger partial charge is 0.377 e. The molecule has 0 saturated carbocycles. The average Bonchev–Trinajstić information content (AvgIpc) is 2.93. The first-order valence-corrected chi connectivity index (χ1v) is 9.54. The van der Waals surface area contributed by atoms with Gasteiger partial charge in [-0.1, -0.05) is 24.8 Å². The summed E-state index contributed by atoms with van der Waals surface area (Å²) in [4.78, 5) is 22.1. The van der Waals surface area contributed by atoms with Crippen LogP contribution < -0.4 is 4.90 Å². The van der Waals surface area contributed by atoms with Gasteiger partial charge in [0.15, 0.2) is 0 Å². The molecular formula is C20H20ClN3OS. The molecule has 0 radical (unpaired) electrons. The molecule has 3 rings (SSSR count). The molecule has 0 N–H and O–H groups in total. The Morgan fingerprint density at radius 1 is 1.46 bits per heavy atom. The predicted octanol–water partition coefficient (Wildman–Crippen LogP) is 4.82. The van der Waals surface area contributed by atoms with Crippen molar-refractivity contribution < 1.29 is 4.79 Å². The monoisotopic (exact) mass is 385 g/mol. The number of anilines is 1. The molecule has 1 amide bonds. The van der Waals surface area contributed by atoms with Gasteiger partial charge in [-0.15, -0.1) is 22.9 Å². The molecule has 26 heavy (non-hydrogen) atoms. The van der Waals surface area contributed by atoms with Crippen molar-refractivity contribution in [2.24, 2.45) is 4.99 Å². The fraction of sp³-hybridized carbons (Fsp3) is 0.200. The highest BCUT2D eigenvalue weighted by Crippen LogP contribution is 2.39. The van der Waals surface area contributed by atoms with E-state index in [4.69, 9.17) is 11.6 Å². The highest BCUT2D eigenvalue weighted by Gasteiger charge is 2.27. The summed E-state index contributed by atoms with van der Waals surface area (Å²) in [6, 6.07) is 6.14. The lowest BCUT2D eigenvalue weighted by Gasteiger charge is -2.17. The van der Waals surface area contributed by atoms with Gasteiger partial charge in [-0.25, -0.2) is 0 Å². The van der Waals surface area contributed by atoms with Crippen LogP contribution in [0.5, 0.6) is 0 Å². The average molecular weight is 386 g/mol. The third kappa shape index (κ3) is 3.32. The van der Waals surface area contributed by atoms with Gasteiger partial charge < -0.3 is 4.90 Å². The highest BCUT2D eigenvalue weighted by atomic mass is 35.5. The number of alkyl halides is 1. The van der Waals surface area contributed by atoms with E-state index in [2.05, 4.69) is 28.6 Å². The van der Waals surface area contributed by atoms with Crippen molar-refractivity contribution in [2.75, 3.05) is 24.9 Å². The molecule has 1 aromatic carbocycles. The molecule has 134 valence electrons. The molecule has 0 saturated heterocycles. The van der Waals surface area contributed by atoms with Gasteiger partial charge in [-0.3, -0.25) is 14.7 Å². The van der Waals surface area contributed by atoms with Crippen molar-refractivity contribution in [3.05, 3.63) is 65.2 Å². The number of nitrogens with zero attached hydrogens (tertiary/aromatic N) is 3. The fourth-order valence-electron chi connectivity index (χ4n) is 2.95. The molecule has 0 bridgehead atoms. The van der Waals surface area contributed by atoms with E-state index in [1.165, 1.54) is 11.3 Å². The molecule has 0 atom stereocenters. The second-order valence-electron chi connectivity index (χ2n) is 5.97. The SMILES string of the molecule is C=C/C=C(\C=C/CCl)N1C=NCc2c(sc3cccc(N(C)C)c23)C1=O. The zero-order chi connectivity index (χ0) is 18.7. The Morgan fingerprint density at radius 2 is 2.27 bits per heavy atom. The number of halogens is 1. The van der Waals surface area contributed by atoms with Crippen molar-refractivity contribution in [2.45, 2.75) is 6.54 Å². The Balaban J connectivity index is 2.15. The minimum Gasteiger partial charge on any atom is -0.377 e. The Labute approximate surface area is 162 Å². The molecular weight excluding hydrogens is 366 g/mol. The quantitative estimate of drug-likeness (QED) is 0.546. The van der Waals surface area contributed by atoms with Crippen molar-refractivity contribution >= 4 is 51.0 Å². The molecule has 4 nitrogen and oxygen atoms in total. The molecule has 2 aromatic rings. The molecule has 0 unspecified atom stereocenters. The van der Waals surface area contributed by atoms with E-state index in [0.29, 0.717) is 18.1 Å². The predicted molar refractivity (Wildman–Crippen MR) is 113 cm³/mol. The smallest absolute Gasteiger partial charge is 0.274 e. The number of carbonyl (C=O) groups excluding carboxylic acids is 1. The van der Waals surface area contributed by atoms with E-state index in [1.54, 1.807) is 29.5 Å². The van der Waals surface area contributed by atoms with Crippen LogP contribution in [0.2, 0.25) is 0 Å². The van der Waals surface area contributed by atoms with Crippen LogP contribution in [0.15, 0.2) is 59.8 Å². The van der Waals surface area contributed by atoms with Crippen LogP contribution in [0.3, 0.4) is 0 Å². The van der Waals surface area contributed by atoms with Crippen LogP contribution in [-0.2, 0) is 6.54 Å². The van der Waals surface area contributed by atoms with E-state index in [9.17, 15) is 4.79 Å². The lowest BCUT2D eigenvalue weighted by atomic mass is 10.1. The second kappa shape index (κ2) is 7.89. The van der Waals surface area contributed by atoms with Crippen molar-refractivity contribution in [3.63, 3.8) is 0 Å². The first-order chi connectivity index (χ1) is 12.6. The minimum atomic E-state index is -0.0838. The zero-order valence-corrected chi connectivity index (χ0v) is 16.3. The van der Waals surface area contributed by atoms with Gasteiger partial charge in [-0.05, 0) is 24.3 Å². The van der Waals surface area contributed by atoms with Crippen LogP contribution in [0.1, 0.15) is 15.2 Å². The van der Waals surface area contributed by atoms with Crippen molar-refractivity contribution in [1.29, 1.82) is 0 Å². The number of thiophene rings is 1. The third-order valence-electron chi connectivity index (χ3n) is 4.08. The maximum absolute atomic E-state index is 13.3. The van der Waals surface area contributed by atoms with Gasteiger partial charge in [0.05, 0.1) is 17.8 Å². The summed E-state index contributed by atoms with van der Waals surface area (Å²) < 4.78 is 1.09. The number of carbonyl (C=O) groups is 1. The third-order valence-corrected chi connectivity index (χ3v) is 5.44. The van der Waals surface area contributed by atoms with E-state index in [-0.39, 0.29) is 5.91 Å². The second-order valence-corrected chi connectivity index (χ2v) is 7.33. The molecule has 1 aromatic heterocycles. The van der Waals surface area contributed by atoms with Gasteiger partial charge in [-0.2, -0.15) is 0 Å². The first kappa shape index (κ1) is 18.4. The summed E-state index contributed by atoms with van der Waals surface area (Å²) in [5.41, 5.74) is 2.77. The summed E-state index contributed by atoms with van der Waals surface area (Å²) in [6.07, 6.45) is 8.61. The van der Waals surface area contributed by atoms with E-state index >= 15 is 0 Å². The Hall–Kier alpha value is -2.37. The van der Waals surface area contributed by atoms with E-state index in [1.807, 2.05) is 26.2 Å². The number of hydrogen-bond donors (Lipinski definition) is 0.